The molecule has 8 nitrogen and oxygen atoms in total. The Morgan fingerprint density at radius 1 is 1.38 bits per heavy atom. The third-order valence-electron chi connectivity index (χ3n) is 5.35. The van der Waals surface area contributed by atoms with E-state index in [0.29, 0.717) is 13.2 Å². The number of nitrogens with one attached hydrogen (secondary N) is 2. The first kappa shape index (κ1) is 20.2. The molecule has 1 amide bonds. The van der Waals surface area contributed by atoms with Gasteiger partial charge in [0.05, 0.1) is 13.2 Å². The van der Waals surface area contributed by atoms with Crippen LogP contribution < -0.4 is 10.6 Å². The van der Waals surface area contributed by atoms with Crippen molar-refractivity contribution in [3.05, 3.63) is 29.2 Å². The Bertz CT molecular complexity index is 815. The van der Waals surface area contributed by atoms with Crippen LogP contribution in [0.1, 0.15) is 42.8 Å². The monoisotopic (exact) mass is 416 g/mol. The zero-order valence-corrected chi connectivity index (χ0v) is 17.6. The number of amides is 1. The van der Waals surface area contributed by atoms with Crippen LogP contribution in [-0.4, -0.2) is 64.6 Å². The van der Waals surface area contributed by atoms with Gasteiger partial charge in [0.2, 0.25) is 5.91 Å². The van der Waals surface area contributed by atoms with Crippen molar-refractivity contribution in [1.29, 1.82) is 0 Å². The number of carbonyl (C=O) groups excluding carboxylic acids is 1. The summed E-state index contributed by atoms with van der Waals surface area (Å²) in [6.45, 7) is 5.51. The van der Waals surface area contributed by atoms with Gasteiger partial charge in [-0.15, -0.1) is 11.3 Å². The number of thiazole rings is 1. The Labute approximate surface area is 175 Å². The lowest BCUT2D eigenvalue weighted by atomic mass is 9.95. The molecular formula is C20H28N6O2S. The van der Waals surface area contributed by atoms with Gasteiger partial charge in [-0.05, 0) is 25.3 Å². The molecule has 0 unspecified atom stereocenters. The van der Waals surface area contributed by atoms with Crippen molar-refractivity contribution in [2.45, 2.75) is 44.6 Å². The number of piperidine rings is 1. The minimum absolute atomic E-state index is 0.145. The summed E-state index contributed by atoms with van der Waals surface area (Å²) in [5.74, 6) is 2.02. The molecule has 0 radical (unpaired) electrons. The molecule has 2 aliphatic rings. The number of nitrogens with zero attached hydrogens (tertiary/aromatic N) is 4. The first-order valence-electron chi connectivity index (χ1n) is 10.4. The molecular weight excluding hydrogens is 388 g/mol. The van der Waals surface area contributed by atoms with Crippen LogP contribution in [0, 0.1) is 0 Å². The summed E-state index contributed by atoms with van der Waals surface area (Å²) in [6, 6.07) is 1.66. The van der Waals surface area contributed by atoms with Crippen molar-refractivity contribution in [1.82, 2.24) is 25.2 Å². The fourth-order valence-corrected chi connectivity index (χ4v) is 4.70. The normalized spacial score (nSPS) is 20.6. The summed E-state index contributed by atoms with van der Waals surface area (Å²) in [5.41, 5.74) is 0. The second-order valence-corrected chi connectivity index (χ2v) is 8.60. The summed E-state index contributed by atoms with van der Waals surface area (Å²) < 4.78 is 5.42. The average molecular weight is 417 g/mol. The highest BCUT2D eigenvalue weighted by Crippen LogP contribution is 2.28. The van der Waals surface area contributed by atoms with E-state index in [9.17, 15) is 4.79 Å². The van der Waals surface area contributed by atoms with E-state index in [4.69, 9.17) is 9.72 Å². The van der Waals surface area contributed by atoms with Gasteiger partial charge in [0.1, 0.15) is 17.7 Å². The number of hydrogen-bond donors (Lipinski definition) is 2. The predicted molar refractivity (Wildman–Crippen MR) is 113 cm³/mol. The number of morpholine rings is 1. The van der Waals surface area contributed by atoms with Crippen LogP contribution in [0.2, 0.25) is 0 Å². The van der Waals surface area contributed by atoms with Crippen LogP contribution in [0.5, 0.6) is 0 Å². The maximum absolute atomic E-state index is 12.6. The minimum atomic E-state index is -0.208. The lowest BCUT2D eigenvalue weighted by Gasteiger charge is -2.35. The highest BCUT2D eigenvalue weighted by atomic mass is 32.1. The van der Waals surface area contributed by atoms with Gasteiger partial charge >= 0.3 is 0 Å². The SMILES string of the molecule is CCCc1cnc(Nc2ccnc(C3CCN(C(=O)[C@@H]4COCCN4)CC3)n2)s1. The van der Waals surface area contributed by atoms with Gasteiger partial charge in [0, 0.05) is 42.8 Å². The highest BCUT2D eigenvalue weighted by molar-refractivity contribution is 7.15. The van der Waals surface area contributed by atoms with Crippen LogP contribution in [0.25, 0.3) is 0 Å². The molecule has 2 aliphatic heterocycles. The van der Waals surface area contributed by atoms with Gasteiger partial charge < -0.3 is 20.3 Å². The summed E-state index contributed by atoms with van der Waals surface area (Å²) >= 11 is 1.67. The lowest BCUT2D eigenvalue weighted by molar-refractivity contribution is -0.137. The van der Waals surface area contributed by atoms with Gasteiger partial charge in [-0.2, -0.15) is 0 Å². The van der Waals surface area contributed by atoms with Crippen molar-refractivity contribution >= 4 is 28.2 Å². The molecule has 4 heterocycles. The van der Waals surface area contributed by atoms with Gasteiger partial charge in [-0.1, -0.05) is 13.3 Å². The van der Waals surface area contributed by atoms with Gasteiger partial charge in [-0.3, -0.25) is 4.79 Å². The quantitative estimate of drug-likeness (QED) is 0.747. The molecule has 29 heavy (non-hydrogen) atoms. The third kappa shape index (κ3) is 5.09. The van der Waals surface area contributed by atoms with Crippen molar-refractivity contribution in [3.63, 3.8) is 0 Å². The number of hydrogen-bond acceptors (Lipinski definition) is 8. The summed E-state index contributed by atoms with van der Waals surface area (Å²) in [7, 11) is 0. The third-order valence-corrected chi connectivity index (χ3v) is 6.32. The molecule has 2 saturated heterocycles. The van der Waals surface area contributed by atoms with Gasteiger partial charge in [0.25, 0.3) is 0 Å². The number of ether oxygens (including phenoxy) is 1. The molecule has 0 bridgehead atoms. The lowest BCUT2D eigenvalue weighted by Crippen LogP contribution is -2.54. The number of anilines is 2. The molecule has 0 aromatic carbocycles. The Balaban J connectivity index is 1.33. The predicted octanol–water partition coefficient (Wildman–Crippen LogP) is 2.32. The first-order valence-corrected chi connectivity index (χ1v) is 11.2. The average Bonchev–Trinajstić information content (AvgIpc) is 3.21. The minimum Gasteiger partial charge on any atom is -0.378 e. The Morgan fingerprint density at radius 3 is 3.00 bits per heavy atom. The number of carbonyl (C=O) groups is 1. The summed E-state index contributed by atoms with van der Waals surface area (Å²) in [4.78, 5) is 29.5. The number of aryl methyl sites for hydroxylation is 1. The maximum Gasteiger partial charge on any atom is 0.242 e. The second kappa shape index (κ2) is 9.60. The highest BCUT2D eigenvalue weighted by Gasteiger charge is 2.30. The van der Waals surface area contributed by atoms with E-state index >= 15 is 0 Å². The van der Waals surface area contributed by atoms with E-state index in [1.54, 1.807) is 17.5 Å². The molecule has 2 N–H and O–H groups in total. The topological polar surface area (TPSA) is 92.3 Å². The van der Waals surface area contributed by atoms with Crippen LogP contribution in [0.4, 0.5) is 10.9 Å². The van der Waals surface area contributed by atoms with E-state index in [1.165, 1.54) is 4.88 Å². The van der Waals surface area contributed by atoms with E-state index in [-0.39, 0.29) is 17.9 Å². The molecule has 156 valence electrons. The van der Waals surface area contributed by atoms with Crippen molar-refractivity contribution in [2.75, 3.05) is 38.2 Å². The molecule has 0 spiro atoms. The van der Waals surface area contributed by atoms with Crippen molar-refractivity contribution < 1.29 is 9.53 Å². The van der Waals surface area contributed by atoms with Crippen LogP contribution in [0.3, 0.4) is 0 Å². The molecule has 0 aliphatic carbocycles. The largest absolute Gasteiger partial charge is 0.378 e. The van der Waals surface area contributed by atoms with Crippen LogP contribution >= 0.6 is 11.3 Å². The zero-order valence-electron chi connectivity index (χ0n) is 16.8. The van der Waals surface area contributed by atoms with E-state index in [0.717, 1.165) is 62.1 Å². The van der Waals surface area contributed by atoms with Crippen molar-refractivity contribution in [3.8, 4) is 0 Å². The Kier molecular flexibility index (Phi) is 6.68. The molecule has 1 atom stereocenters. The molecule has 4 rings (SSSR count). The van der Waals surface area contributed by atoms with Gasteiger partial charge in [0.15, 0.2) is 5.13 Å². The number of rotatable bonds is 6. The van der Waals surface area contributed by atoms with E-state index in [1.807, 2.05) is 17.2 Å². The van der Waals surface area contributed by atoms with E-state index < -0.39 is 0 Å². The summed E-state index contributed by atoms with van der Waals surface area (Å²) in [6.07, 6.45) is 7.64. The fraction of sp³-hybridized carbons (Fsp3) is 0.600. The zero-order chi connectivity index (χ0) is 20.1. The fourth-order valence-electron chi connectivity index (χ4n) is 3.78. The number of likely N-dealkylation sites (tertiary alicyclic amines) is 1. The standard InChI is InChI=1S/C20H28N6O2S/c1-2-3-15-12-23-20(29-15)25-17-4-7-22-18(24-17)14-5-9-26(10-6-14)19(27)16-13-28-11-8-21-16/h4,7,12,14,16,21H,2-3,5-6,8-11,13H2,1H3,(H,22,23,24,25)/t16-/m0/s1. The maximum atomic E-state index is 12.6. The van der Waals surface area contributed by atoms with Gasteiger partial charge in [-0.25, -0.2) is 15.0 Å². The molecule has 0 saturated carbocycles. The number of aromatic nitrogens is 3. The van der Waals surface area contributed by atoms with Crippen molar-refractivity contribution in [2.24, 2.45) is 0 Å². The molecule has 2 fully saturated rings. The van der Waals surface area contributed by atoms with E-state index in [2.05, 4.69) is 27.5 Å². The molecule has 9 heteroatoms. The Morgan fingerprint density at radius 2 is 2.24 bits per heavy atom. The van der Waals surface area contributed by atoms with Crippen LogP contribution in [0.15, 0.2) is 18.5 Å². The Hall–Kier alpha value is -2.10. The smallest absolute Gasteiger partial charge is 0.242 e. The van der Waals surface area contributed by atoms with Crippen LogP contribution in [-0.2, 0) is 16.0 Å². The molecule has 2 aromatic heterocycles. The summed E-state index contributed by atoms with van der Waals surface area (Å²) in [5, 5.41) is 7.41. The second-order valence-electron chi connectivity index (χ2n) is 7.49. The molecule has 2 aromatic rings. The first-order chi connectivity index (χ1) is 14.2.